The molecule has 0 aliphatic carbocycles. The van der Waals surface area contributed by atoms with Crippen LogP contribution in [0.4, 0.5) is 10.5 Å². The normalized spacial score (nSPS) is 15.3. The summed E-state index contributed by atoms with van der Waals surface area (Å²) in [5.74, 6) is 0.743. The molecule has 3 rings (SSSR count). The summed E-state index contributed by atoms with van der Waals surface area (Å²) in [6.45, 7) is 0.0197. The molecule has 0 radical (unpaired) electrons. The van der Waals surface area contributed by atoms with E-state index in [1.165, 1.54) is 7.11 Å². The van der Waals surface area contributed by atoms with Crippen molar-refractivity contribution in [1.29, 1.82) is 0 Å². The van der Waals surface area contributed by atoms with Crippen molar-refractivity contribution in [3.05, 3.63) is 56.9 Å². The Morgan fingerprint density at radius 2 is 1.79 bits per heavy atom. The minimum Gasteiger partial charge on any atom is -0.493 e. The fourth-order valence-electron chi connectivity index (χ4n) is 2.51. The lowest BCUT2D eigenvalue weighted by Crippen LogP contribution is -2.33. The quantitative estimate of drug-likeness (QED) is 0.631. The summed E-state index contributed by atoms with van der Waals surface area (Å²) in [7, 11) is 3.08. The molecule has 2 aromatic rings. The molecule has 146 valence electrons. The van der Waals surface area contributed by atoms with Gasteiger partial charge in [0.15, 0.2) is 11.5 Å². The van der Waals surface area contributed by atoms with Gasteiger partial charge in [-0.05, 0) is 53.7 Å². The number of amides is 2. The van der Waals surface area contributed by atoms with Crippen molar-refractivity contribution in [3.8, 4) is 11.5 Å². The minimum absolute atomic E-state index is 0.0197. The van der Waals surface area contributed by atoms with Crippen LogP contribution in [-0.2, 0) is 4.79 Å². The maximum Gasteiger partial charge on any atom is 0.295 e. The van der Waals surface area contributed by atoms with Gasteiger partial charge in [-0.2, -0.15) is 0 Å². The number of benzene rings is 2. The summed E-state index contributed by atoms with van der Waals surface area (Å²) in [6, 6.07) is 10.2. The first-order valence-electron chi connectivity index (χ1n) is 8.09. The van der Waals surface area contributed by atoms with E-state index in [2.05, 4.69) is 5.32 Å². The van der Waals surface area contributed by atoms with E-state index in [-0.39, 0.29) is 17.8 Å². The third-order valence-electron chi connectivity index (χ3n) is 3.94. The lowest BCUT2D eigenvalue weighted by atomic mass is 10.2. The Bertz CT molecular complexity index is 965. The molecular formula is C19H16Cl2N2O4S. The fraction of sp³-hybridized carbons (Fsp3) is 0.158. The van der Waals surface area contributed by atoms with Crippen molar-refractivity contribution >= 4 is 57.9 Å². The average molecular weight is 439 g/mol. The smallest absolute Gasteiger partial charge is 0.295 e. The van der Waals surface area contributed by atoms with Gasteiger partial charge in [0.25, 0.3) is 11.1 Å². The molecule has 9 heteroatoms. The van der Waals surface area contributed by atoms with Crippen LogP contribution in [0.3, 0.4) is 0 Å². The van der Waals surface area contributed by atoms with E-state index >= 15 is 0 Å². The molecule has 1 heterocycles. The molecular weight excluding hydrogens is 423 g/mol. The molecule has 1 aliphatic heterocycles. The number of methoxy groups -OCH3 is 2. The Morgan fingerprint density at radius 3 is 2.46 bits per heavy atom. The molecule has 2 amide bonds. The molecule has 1 saturated heterocycles. The van der Waals surface area contributed by atoms with Crippen LogP contribution in [0.1, 0.15) is 5.56 Å². The Morgan fingerprint density at radius 1 is 1.04 bits per heavy atom. The Balaban J connectivity index is 1.74. The van der Waals surface area contributed by atoms with Gasteiger partial charge in [0.2, 0.25) is 0 Å². The number of imide groups is 1. The number of anilines is 1. The van der Waals surface area contributed by atoms with E-state index in [1.54, 1.807) is 49.6 Å². The van der Waals surface area contributed by atoms with Crippen molar-refractivity contribution in [1.82, 2.24) is 4.90 Å². The SMILES string of the molecule is COc1ccc(C=C2SC(=O)N(CNc3ccc(Cl)c(Cl)c3)C2=O)cc1OC. The third kappa shape index (κ3) is 4.38. The second-order valence-electron chi connectivity index (χ2n) is 5.69. The van der Waals surface area contributed by atoms with Gasteiger partial charge in [-0.25, -0.2) is 0 Å². The van der Waals surface area contributed by atoms with Gasteiger partial charge >= 0.3 is 0 Å². The topological polar surface area (TPSA) is 67.9 Å². The molecule has 0 saturated carbocycles. The highest BCUT2D eigenvalue weighted by Crippen LogP contribution is 2.34. The number of nitrogens with zero attached hydrogens (tertiary/aromatic N) is 1. The number of ether oxygens (including phenoxy) is 2. The van der Waals surface area contributed by atoms with Crippen LogP contribution >= 0.6 is 35.0 Å². The summed E-state index contributed by atoms with van der Waals surface area (Å²) in [5, 5.41) is 3.45. The number of hydrogen-bond acceptors (Lipinski definition) is 6. The largest absolute Gasteiger partial charge is 0.493 e. The second kappa shape index (κ2) is 8.77. The van der Waals surface area contributed by atoms with Gasteiger partial charge in [0, 0.05) is 5.69 Å². The lowest BCUT2D eigenvalue weighted by Gasteiger charge is -2.14. The highest BCUT2D eigenvalue weighted by Gasteiger charge is 2.34. The number of thioether (sulfide) groups is 1. The Hall–Kier alpha value is -2.35. The number of carbonyl (C=O) groups is 2. The van der Waals surface area contributed by atoms with Crippen LogP contribution in [0.5, 0.6) is 11.5 Å². The molecule has 1 aliphatic rings. The predicted octanol–water partition coefficient (Wildman–Crippen LogP) is 5.12. The number of carbonyl (C=O) groups excluding carboxylic acids is 2. The van der Waals surface area contributed by atoms with Crippen LogP contribution in [-0.4, -0.2) is 36.9 Å². The lowest BCUT2D eigenvalue weighted by molar-refractivity contribution is -0.122. The van der Waals surface area contributed by atoms with Gasteiger partial charge in [0.1, 0.15) is 0 Å². The van der Waals surface area contributed by atoms with Crippen molar-refractivity contribution in [2.75, 3.05) is 26.2 Å². The average Bonchev–Trinajstić information content (AvgIpc) is 2.95. The number of halogens is 2. The Labute approximate surface area is 176 Å². The van der Waals surface area contributed by atoms with Crippen molar-refractivity contribution in [3.63, 3.8) is 0 Å². The first kappa shape index (κ1) is 20.4. The van der Waals surface area contributed by atoms with E-state index in [0.29, 0.717) is 32.1 Å². The van der Waals surface area contributed by atoms with E-state index in [9.17, 15) is 9.59 Å². The number of hydrogen-bond donors (Lipinski definition) is 1. The third-order valence-corrected chi connectivity index (χ3v) is 5.59. The van der Waals surface area contributed by atoms with Gasteiger partial charge in [-0.3, -0.25) is 14.5 Å². The monoisotopic (exact) mass is 438 g/mol. The van der Waals surface area contributed by atoms with E-state index in [0.717, 1.165) is 22.2 Å². The van der Waals surface area contributed by atoms with Crippen LogP contribution in [0.2, 0.25) is 10.0 Å². The first-order valence-corrected chi connectivity index (χ1v) is 9.66. The van der Waals surface area contributed by atoms with Crippen LogP contribution in [0, 0.1) is 0 Å². The molecule has 0 atom stereocenters. The van der Waals surface area contributed by atoms with Crippen molar-refractivity contribution in [2.45, 2.75) is 0 Å². The van der Waals surface area contributed by atoms with Gasteiger partial charge < -0.3 is 14.8 Å². The van der Waals surface area contributed by atoms with Crippen molar-refractivity contribution in [2.24, 2.45) is 0 Å². The van der Waals surface area contributed by atoms with Gasteiger partial charge in [-0.1, -0.05) is 29.3 Å². The summed E-state index contributed by atoms with van der Waals surface area (Å²) >= 11 is 12.7. The molecule has 1 N–H and O–H groups in total. The molecule has 28 heavy (non-hydrogen) atoms. The standard InChI is InChI=1S/C19H16Cl2N2O4S/c1-26-15-6-3-11(7-16(15)27-2)8-17-18(24)23(19(25)28-17)10-22-12-4-5-13(20)14(21)9-12/h3-9,22H,10H2,1-2H3. The minimum atomic E-state index is -0.377. The highest BCUT2D eigenvalue weighted by molar-refractivity contribution is 8.18. The van der Waals surface area contributed by atoms with Crippen LogP contribution < -0.4 is 14.8 Å². The first-order chi connectivity index (χ1) is 13.4. The maximum atomic E-state index is 12.6. The summed E-state index contributed by atoms with van der Waals surface area (Å²) in [4.78, 5) is 26.3. The molecule has 1 fully saturated rings. The van der Waals surface area contributed by atoms with Crippen LogP contribution in [0.15, 0.2) is 41.3 Å². The predicted molar refractivity (Wildman–Crippen MR) is 112 cm³/mol. The molecule has 0 aromatic heterocycles. The van der Waals surface area contributed by atoms with E-state index in [1.807, 2.05) is 0 Å². The molecule has 2 aromatic carbocycles. The maximum absolute atomic E-state index is 12.6. The van der Waals surface area contributed by atoms with E-state index < -0.39 is 0 Å². The zero-order valence-electron chi connectivity index (χ0n) is 15.0. The highest BCUT2D eigenvalue weighted by atomic mass is 35.5. The summed E-state index contributed by atoms with van der Waals surface area (Å²) in [6.07, 6.45) is 1.64. The number of nitrogens with one attached hydrogen (secondary N) is 1. The fourth-order valence-corrected chi connectivity index (χ4v) is 3.64. The molecule has 6 nitrogen and oxygen atoms in total. The zero-order chi connectivity index (χ0) is 20.3. The zero-order valence-corrected chi connectivity index (χ0v) is 17.3. The van der Waals surface area contributed by atoms with E-state index in [4.69, 9.17) is 32.7 Å². The molecule has 0 spiro atoms. The summed E-state index contributed by atoms with van der Waals surface area (Å²) in [5.41, 5.74) is 1.37. The van der Waals surface area contributed by atoms with Gasteiger partial charge in [0.05, 0.1) is 35.8 Å². The molecule has 0 bridgehead atoms. The van der Waals surface area contributed by atoms with Crippen LogP contribution in [0.25, 0.3) is 6.08 Å². The molecule has 0 unspecified atom stereocenters. The summed E-state index contributed by atoms with van der Waals surface area (Å²) < 4.78 is 10.5. The van der Waals surface area contributed by atoms with Gasteiger partial charge in [-0.15, -0.1) is 0 Å². The Kier molecular flexibility index (Phi) is 6.39. The number of rotatable bonds is 6. The van der Waals surface area contributed by atoms with Crippen molar-refractivity contribution < 1.29 is 19.1 Å². The second-order valence-corrected chi connectivity index (χ2v) is 7.50.